The molecule has 2 aromatic rings. The van der Waals surface area contributed by atoms with Crippen LogP contribution in [0.25, 0.3) is 0 Å². The lowest BCUT2D eigenvalue weighted by Gasteiger charge is -1.99. The number of hydrogen-bond acceptors (Lipinski definition) is 3. The van der Waals surface area contributed by atoms with Crippen LogP contribution < -0.4 is 5.30 Å². The van der Waals surface area contributed by atoms with Gasteiger partial charge in [-0.05, 0) is 28.8 Å². The van der Waals surface area contributed by atoms with Crippen molar-refractivity contribution in [3.63, 3.8) is 0 Å². The average Bonchev–Trinajstić information content (AvgIpc) is 2.47. The van der Waals surface area contributed by atoms with E-state index in [1.807, 2.05) is 18.2 Å². The molecule has 0 saturated carbocycles. The monoisotopic (exact) mass is 259 g/mol. The molecule has 0 aliphatic rings. The van der Waals surface area contributed by atoms with Crippen LogP contribution in [0.3, 0.4) is 0 Å². The van der Waals surface area contributed by atoms with Crippen molar-refractivity contribution in [2.45, 2.75) is 0 Å². The van der Waals surface area contributed by atoms with Crippen molar-refractivity contribution in [2.75, 3.05) is 7.11 Å². The highest BCUT2D eigenvalue weighted by atomic mass is 31.1. The van der Waals surface area contributed by atoms with Crippen molar-refractivity contribution in [2.24, 2.45) is 0 Å². The van der Waals surface area contributed by atoms with E-state index in [1.165, 1.54) is 7.11 Å². The first kappa shape index (κ1) is 12.6. The zero-order valence-corrected chi connectivity index (χ0v) is 10.8. The summed E-state index contributed by atoms with van der Waals surface area (Å²) < 4.78 is 16.2. The maximum atomic E-state index is 12.1. The Morgan fingerprint density at radius 2 is 1.50 bits per heavy atom. The van der Waals surface area contributed by atoms with Gasteiger partial charge in [-0.1, -0.05) is 30.3 Å². The van der Waals surface area contributed by atoms with E-state index in [0.717, 1.165) is 0 Å². The van der Waals surface area contributed by atoms with E-state index in [-0.39, 0.29) is 5.78 Å². The molecule has 0 amide bonds. The first-order valence-corrected chi connectivity index (χ1v) is 6.61. The molecule has 1 atom stereocenters. The van der Waals surface area contributed by atoms with Gasteiger partial charge < -0.3 is 0 Å². The van der Waals surface area contributed by atoms with Gasteiger partial charge in [0.25, 0.3) is 0 Å². The van der Waals surface area contributed by atoms with Crippen LogP contribution in [0.15, 0.2) is 54.6 Å². The summed E-state index contributed by atoms with van der Waals surface area (Å²) in [5, 5.41) is 0.581. The molecule has 0 aromatic heterocycles. The van der Waals surface area contributed by atoms with Crippen LogP contribution in [0.5, 0.6) is 0 Å². The number of carbonyl (C=O) groups is 1. The number of ketones is 1. The summed E-state index contributed by atoms with van der Waals surface area (Å²) in [6.07, 6.45) is 0. The lowest BCUT2D eigenvalue weighted by Crippen LogP contribution is -2.04. The second-order valence-electron chi connectivity index (χ2n) is 3.68. The summed E-state index contributed by atoms with van der Waals surface area (Å²) in [6, 6.07) is 15.7. The van der Waals surface area contributed by atoms with E-state index in [0.29, 0.717) is 16.4 Å². The van der Waals surface area contributed by atoms with E-state index >= 15 is 0 Å². The van der Waals surface area contributed by atoms with Gasteiger partial charge >= 0.3 is 8.03 Å². The molecule has 1 unspecified atom stereocenters. The Balaban J connectivity index is 2.25. The van der Waals surface area contributed by atoms with Gasteiger partial charge in [0, 0.05) is 11.1 Å². The van der Waals surface area contributed by atoms with Crippen molar-refractivity contribution in [1.82, 2.24) is 0 Å². The second-order valence-corrected chi connectivity index (χ2v) is 5.08. The molecular weight excluding hydrogens is 247 g/mol. The molecular formula is C14H12O3P+. The fourth-order valence-electron chi connectivity index (χ4n) is 1.60. The highest BCUT2D eigenvalue weighted by Gasteiger charge is 2.20. The standard InChI is InChI=1S/C14H12O3P/c1-17-18(16)13-9-7-12(8-10-13)14(15)11-5-3-2-4-6-11/h2-10H,1H3/q+1. The minimum atomic E-state index is -1.82. The van der Waals surface area contributed by atoms with Gasteiger partial charge in [0.1, 0.15) is 0 Å². The second kappa shape index (κ2) is 5.67. The van der Waals surface area contributed by atoms with E-state index in [1.54, 1.807) is 36.4 Å². The Morgan fingerprint density at radius 1 is 0.944 bits per heavy atom. The average molecular weight is 259 g/mol. The molecule has 18 heavy (non-hydrogen) atoms. The Hall–Kier alpha value is -1.83. The van der Waals surface area contributed by atoms with Gasteiger partial charge in [0.15, 0.2) is 5.78 Å². The largest absolute Gasteiger partial charge is 0.548 e. The fourth-order valence-corrected chi connectivity index (χ4v) is 2.20. The van der Waals surface area contributed by atoms with Crippen LogP contribution in [0, 0.1) is 0 Å². The van der Waals surface area contributed by atoms with Crippen LogP contribution in [0.1, 0.15) is 15.9 Å². The zero-order valence-electron chi connectivity index (χ0n) is 9.87. The molecule has 0 heterocycles. The van der Waals surface area contributed by atoms with Crippen LogP contribution >= 0.6 is 8.03 Å². The Labute approximate surface area is 106 Å². The van der Waals surface area contributed by atoms with Crippen LogP contribution in [-0.2, 0) is 9.09 Å². The zero-order chi connectivity index (χ0) is 13.0. The Kier molecular flexibility index (Phi) is 3.98. The quantitative estimate of drug-likeness (QED) is 0.626. The molecule has 0 N–H and O–H groups in total. The lowest BCUT2D eigenvalue weighted by atomic mass is 10.0. The molecule has 0 bridgehead atoms. The summed E-state index contributed by atoms with van der Waals surface area (Å²) in [5.74, 6) is -0.0465. The van der Waals surface area contributed by atoms with Gasteiger partial charge in [-0.15, -0.1) is 4.52 Å². The topological polar surface area (TPSA) is 43.4 Å². The molecule has 0 aliphatic heterocycles. The van der Waals surface area contributed by atoms with Crippen LogP contribution in [0.4, 0.5) is 0 Å². The molecule has 0 spiro atoms. The fraction of sp³-hybridized carbons (Fsp3) is 0.0714. The van der Waals surface area contributed by atoms with Gasteiger partial charge in [-0.2, -0.15) is 0 Å². The van der Waals surface area contributed by atoms with Crippen molar-refractivity contribution in [3.05, 3.63) is 65.7 Å². The molecule has 0 radical (unpaired) electrons. The summed E-state index contributed by atoms with van der Waals surface area (Å²) in [6.45, 7) is 0. The smallest absolute Gasteiger partial charge is 0.289 e. The first-order chi connectivity index (χ1) is 8.72. The maximum Gasteiger partial charge on any atom is 0.548 e. The van der Waals surface area contributed by atoms with E-state index in [2.05, 4.69) is 0 Å². The number of benzene rings is 2. The normalized spacial score (nSPS) is 11.1. The van der Waals surface area contributed by atoms with Crippen molar-refractivity contribution >= 4 is 19.1 Å². The third-order valence-electron chi connectivity index (χ3n) is 2.54. The molecule has 2 rings (SSSR count). The van der Waals surface area contributed by atoms with Gasteiger partial charge in [0.2, 0.25) is 5.30 Å². The highest BCUT2D eigenvalue weighted by molar-refractivity contribution is 7.48. The van der Waals surface area contributed by atoms with E-state index < -0.39 is 8.03 Å². The Bertz CT molecular complexity index is 561. The summed E-state index contributed by atoms with van der Waals surface area (Å²) >= 11 is 0. The highest BCUT2D eigenvalue weighted by Crippen LogP contribution is 2.20. The summed E-state index contributed by atoms with van der Waals surface area (Å²) in [7, 11) is -0.430. The van der Waals surface area contributed by atoms with Crippen LogP contribution in [0.2, 0.25) is 0 Å². The van der Waals surface area contributed by atoms with E-state index in [9.17, 15) is 9.36 Å². The predicted molar refractivity (Wildman–Crippen MR) is 70.6 cm³/mol. The number of carbonyl (C=O) groups excluding carboxylic acids is 1. The third-order valence-corrected chi connectivity index (χ3v) is 3.59. The molecule has 0 aliphatic carbocycles. The summed E-state index contributed by atoms with van der Waals surface area (Å²) in [4.78, 5) is 12.1. The number of rotatable bonds is 4. The van der Waals surface area contributed by atoms with E-state index in [4.69, 9.17) is 4.52 Å². The minimum absolute atomic E-state index is 0.0465. The van der Waals surface area contributed by atoms with Crippen LogP contribution in [-0.4, -0.2) is 12.9 Å². The third kappa shape index (κ3) is 2.70. The van der Waals surface area contributed by atoms with Gasteiger partial charge in [0.05, 0.1) is 7.11 Å². The lowest BCUT2D eigenvalue weighted by molar-refractivity contribution is 0.103. The van der Waals surface area contributed by atoms with Crippen molar-refractivity contribution in [1.29, 1.82) is 0 Å². The predicted octanol–water partition coefficient (Wildman–Crippen LogP) is 2.93. The molecule has 2 aromatic carbocycles. The molecule has 3 nitrogen and oxygen atoms in total. The SMILES string of the molecule is CO[P+](=O)c1ccc(C(=O)c2ccccc2)cc1. The van der Waals surface area contributed by atoms with Crippen molar-refractivity contribution < 1.29 is 13.9 Å². The molecule has 0 fully saturated rings. The summed E-state index contributed by atoms with van der Waals surface area (Å²) in [5.41, 5.74) is 1.21. The maximum absolute atomic E-state index is 12.1. The first-order valence-electron chi connectivity index (χ1n) is 5.43. The molecule has 4 heteroatoms. The van der Waals surface area contributed by atoms with Gasteiger partial charge in [-0.25, -0.2) is 0 Å². The van der Waals surface area contributed by atoms with Gasteiger partial charge in [-0.3, -0.25) is 4.79 Å². The molecule has 0 saturated heterocycles. The minimum Gasteiger partial charge on any atom is -0.289 e. The number of hydrogen-bond donors (Lipinski definition) is 0. The molecule has 90 valence electrons. The Morgan fingerprint density at radius 3 is 2.06 bits per heavy atom. The van der Waals surface area contributed by atoms with Crippen molar-refractivity contribution in [3.8, 4) is 0 Å².